The van der Waals surface area contributed by atoms with Crippen LogP contribution in [-0.4, -0.2) is 62.8 Å². The zero-order chi connectivity index (χ0) is 21.2. The first-order valence-electron chi connectivity index (χ1n) is 10.3. The number of ether oxygens (including phenoxy) is 1. The summed E-state index contributed by atoms with van der Waals surface area (Å²) in [4.78, 5) is 4.86. The Kier molecular flexibility index (Phi) is 5.55. The third-order valence-electron chi connectivity index (χ3n) is 5.55. The maximum absolute atomic E-state index is 6.19. The average Bonchev–Trinajstić information content (AvgIpc) is 3.17. The number of likely N-dealkylation sites (N-methyl/N-ethyl adjacent to an activating group) is 1. The van der Waals surface area contributed by atoms with Crippen molar-refractivity contribution in [1.82, 2.24) is 29.6 Å². The lowest BCUT2D eigenvalue weighted by molar-refractivity contribution is 0.148. The molecule has 4 aromatic rings. The number of aromatic nitrogens is 4. The molecule has 3 heterocycles. The zero-order valence-electron chi connectivity index (χ0n) is 17.3. The molecule has 0 unspecified atom stereocenters. The number of benzene rings is 2. The highest BCUT2D eigenvalue weighted by Crippen LogP contribution is 2.34. The summed E-state index contributed by atoms with van der Waals surface area (Å²) in [7, 11) is 2.18. The molecule has 0 aliphatic carbocycles. The number of piperazine rings is 1. The number of rotatable bonds is 5. The summed E-state index contributed by atoms with van der Waals surface area (Å²) in [5.41, 5.74) is 3.97. The van der Waals surface area contributed by atoms with E-state index in [1.54, 1.807) is 12.1 Å². The third-order valence-corrected chi connectivity index (χ3v) is 5.78. The van der Waals surface area contributed by atoms with Gasteiger partial charge in [0, 0.05) is 44.4 Å². The lowest BCUT2D eigenvalue weighted by Crippen LogP contribution is -2.43. The van der Waals surface area contributed by atoms with Crippen molar-refractivity contribution in [3.63, 3.8) is 0 Å². The first-order chi connectivity index (χ1) is 15.2. The maximum Gasteiger partial charge on any atom is 0.246 e. The summed E-state index contributed by atoms with van der Waals surface area (Å²) >= 11 is 6.06. The van der Waals surface area contributed by atoms with Crippen molar-refractivity contribution in [2.75, 3.05) is 33.2 Å². The molecule has 1 fully saturated rings. The smallest absolute Gasteiger partial charge is 0.246 e. The normalized spacial score (nSPS) is 15.4. The van der Waals surface area contributed by atoms with Gasteiger partial charge in [-0.2, -0.15) is 4.52 Å². The lowest BCUT2D eigenvalue weighted by Gasteiger charge is -2.32. The van der Waals surface area contributed by atoms with E-state index in [1.165, 1.54) is 10.1 Å². The Balaban J connectivity index is 1.46. The van der Waals surface area contributed by atoms with Crippen molar-refractivity contribution in [1.29, 1.82) is 0 Å². The highest BCUT2D eigenvalue weighted by Gasteiger charge is 2.16. The molecule has 1 saturated heterocycles. The van der Waals surface area contributed by atoms with Crippen LogP contribution in [0, 0.1) is 0 Å². The van der Waals surface area contributed by atoms with Gasteiger partial charge in [-0.1, -0.05) is 36.4 Å². The Morgan fingerprint density at radius 3 is 2.55 bits per heavy atom. The van der Waals surface area contributed by atoms with Crippen LogP contribution in [-0.2, 0) is 6.54 Å². The lowest BCUT2D eigenvalue weighted by atomic mass is 10.0. The van der Waals surface area contributed by atoms with Gasteiger partial charge in [0.2, 0.25) is 11.2 Å². The van der Waals surface area contributed by atoms with E-state index in [-0.39, 0.29) is 5.28 Å². The second-order valence-corrected chi connectivity index (χ2v) is 8.13. The van der Waals surface area contributed by atoms with Gasteiger partial charge in [-0.15, -0.1) is 15.3 Å². The minimum Gasteiger partial charge on any atom is -0.437 e. The van der Waals surface area contributed by atoms with Gasteiger partial charge < -0.3 is 9.64 Å². The summed E-state index contributed by atoms with van der Waals surface area (Å²) in [5, 5.41) is 12.4. The number of nitrogens with zero attached hydrogens (tertiary/aromatic N) is 6. The Hall–Kier alpha value is -3.00. The van der Waals surface area contributed by atoms with E-state index in [4.69, 9.17) is 16.3 Å². The third kappa shape index (κ3) is 4.39. The van der Waals surface area contributed by atoms with Crippen LogP contribution in [0.2, 0.25) is 5.28 Å². The zero-order valence-corrected chi connectivity index (χ0v) is 18.0. The van der Waals surface area contributed by atoms with Crippen LogP contribution in [0.4, 0.5) is 0 Å². The Morgan fingerprint density at radius 2 is 1.74 bits per heavy atom. The van der Waals surface area contributed by atoms with E-state index in [9.17, 15) is 0 Å². The second kappa shape index (κ2) is 8.63. The standard InChI is InChI=1S/C23H23ClN6O/c1-28-11-13-29(14-12-28)16-17-7-8-20(19(15-17)18-5-3-2-4-6-18)31-22-10-9-21-25-26-23(24)30(21)27-22/h2-10,15H,11-14,16H2,1H3. The second-order valence-electron chi connectivity index (χ2n) is 7.79. The minimum absolute atomic E-state index is 0.200. The molecule has 2 aromatic heterocycles. The predicted molar refractivity (Wildman–Crippen MR) is 121 cm³/mol. The fourth-order valence-corrected chi connectivity index (χ4v) is 3.95. The van der Waals surface area contributed by atoms with Crippen molar-refractivity contribution in [3.8, 4) is 22.8 Å². The molecule has 0 spiro atoms. The summed E-state index contributed by atoms with van der Waals surface area (Å²) in [5.74, 6) is 1.17. The van der Waals surface area contributed by atoms with Crippen molar-refractivity contribution >= 4 is 17.2 Å². The molecule has 31 heavy (non-hydrogen) atoms. The van der Waals surface area contributed by atoms with Crippen LogP contribution in [0.5, 0.6) is 11.6 Å². The number of halogens is 1. The molecule has 0 saturated carbocycles. The van der Waals surface area contributed by atoms with Crippen molar-refractivity contribution in [3.05, 3.63) is 71.5 Å². The Labute approximate surface area is 185 Å². The highest BCUT2D eigenvalue weighted by molar-refractivity contribution is 6.28. The molecule has 1 aliphatic heterocycles. The molecular weight excluding hydrogens is 412 g/mol. The van der Waals surface area contributed by atoms with Gasteiger partial charge in [0.15, 0.2) is 5.65 Å². The maximum atomic E-state index is 6.19. The van der Waals surface area contributed by atoms with Gasteiger partial charge in [-0.25, -0.2) is 0 Å². The topological polar surface area (TPSA) is 58.8 Å². The highest BCUT2D eigenvalue weighted by atomic mass is 35.5. The number of hydrogen-bond acceptors (Lipinski definition) is 6. The SMILES string of the molecule is CN1CCN(Cc2ccc(Oc3ccc4nnc(Cl)n4n3)c(-c3ccccc3)c2)CC1. The molecule has 5 rings (SSSR count). The minimum atomic E-state index is 0.200. The fraction of sp³-hybridized carbons (Fsp3) is 0.261. The van der Waals surface area contributed by atoms with Gasteiger partial charge in [-0.05, 0) is 48.0 Å². The van der Waals surface area contributed by atoms with Crippen LogP contribution in [0.25, 0.3) is 16.8 Å². The molecule has 158 valence electrons. The fourth-order valence-electron chi connectivity index (χ4n) is 3.78. The molecular formula is C23H23ClN6O. The number of hydrogen-bond donors (Lipinski definition) is 0. The van der Waals surface area contributed by atoms with Crippen LogP contribution in [0.3, 0.4) is 0 Å². The Bertz CT molecular complexity index is 1190. The quantitative estimate of drug-likeness (QED) is 0.473. The van der Waals surface area contributed by atoms with Crippen molar-refractivity contribution in [2.24, 2.45) is 0 Å². The molecule has 8 heteroatoms. The van der Waals surface area contributed by atoms with Gasteiger partial charge in [0.25, 0.3) is 0 Å². The summed E-state index contributed by atoms with van der Waals surface area (Å²) in [6, 6.07) is 20.2. The van der Waals surface area contributed by atoms with Crippen LogP contribution in [0.15, 0.2) is 60.7 Å². The molecule has 0 bridgehead atoms. The van der Waals surface area contributed by atoms with Crippen molar-refractivity contribution in [2.45, 2.75) is 6.54 Å². The average molecular weight is 435 g/mol. The first-order valence-corrected chi connectivity index (χ1v) is 10.7. The van der Waals surface area contributed by atoms with E-state index in [1.807, 2.05) is 24.3 Å². The van der Waals surface area contributed by atoms with E-state index in [2.05, 4.69) is 56.4 Å². The van der Waals surface area contributed by atoms with E-state index < -0.39 is 0 Å². The molecule has 0 atom stereocenters. The van der Waals surface area contributed by atoms with E-state index in [0.29, 0.717) is 11.5 Å². The predicted octanol–water partition coefficient (Wildman–Crippen LogP) is 3.98. The van der Waals surface area contributed by atoms with Gasteiger partial charge in [0.05, 0.1) is 0 Å². The van der Waals surface area contributed by atoms with E-state index >= 15 is 0 Å². The molecule has 1 aliphatic rings. The number of fused-ring (bicyclic) bond motifs is 1. The van der Waals surface area contributed by atoms with Gasteiger partial charge in [-0.3, -0.25) is 4.90 Å². The summed E-state index contributed by atoms with van der Waals surface area (Å²) < 4.78 is 7.65. The van der Waals surface area contributed by atoms with Gasteiger partial charge >= 0.3 is 0 Å². The Morgan fingerprint density at radius 1 is 0.935 bits per heavy atom. The van der Waals surface area contributed by atoms with Crippen LogP contribution < -0.4 is 4.74 Å². The largest absolute Gasteiger partial charge is 0.437 e. The van der Waals surface area contributed by atoms with Crippen LogP contribution >= 0.6 is 11.6 Å². The molecule has 2 aromatic carbocycles. The van der Waals surface area contributed by atoms with Crippen LogP contribution in [0.1, 0.15) is 5.56 Å². The first kappa shape index (κ1) is 19.9. The van der Waals surface area contributed by atoms with Crippen molar-refractivity contribution < 1.29 is 4.74 Å². The molecule has 0 amide bonds. The molecule has 0 radical (unpaired) electrons. The molecule has 7 nitrogen and oxygen atoms in total. The van der Waals surface area contributed by atoms with Gasteiger partial charge in [0.1, 0.15) is 5.75 Å². The molecule has 0 N–H and O–H groups in total. The monoisotopic (exact) mass is 434 g/mol. The summed E-state index contributed by atoms with van der Waals surface area (Å²) in [6.45, 7) is 5.30. The van der Waals surface area contributed by atoms with E-state index in [0.717, 1.165) is 49.6 Å². The summed E-state index contributed by atoms with van der Waals surface area (Å²) in [6.07, 6.45) is 0.